The van der Waals surface area contributed by atoms with Gasteiger partial charge >= 0.3 is 0 Å². The number of aromatic nitrogens is 4. The van der Waals surface area contributed by atoms with Crippen LogP contribution in [0.25, 0.3) is 10.9 Å². The topological polar surface area (TPSA) is 84.8 Å². The number of carbonyl (C=O) groups is 1. The van der Waals surface area contributed by atoms with Crippen LogP contribution >= 0.6 is 0 Å². The Balaban J connectivity index is 1.75. The number of aromatic amines is 1. The number of rotatable bonds is 6. The van der Waals surface area contributed by atoms with Crippen LogP contribution in [-0.4, -0.2) is 38.8 Å². The van der Waals surface area contributed by atoms with Gasteiger partial charge in [0.05, 0.1) is 12.6 Å². The minimum absolute atomic E-state index is 0.0226. The fourth-order valence-corrected chi connectivity index (χ4v) is 3.16. The minimum Gasteiger partial charge on any atom is -0.494 e. The molecule has 3 aromatic rings. The number of aryl methyl sites for hydroxylation is 3. The molecule has 0 aliphatic heterocycles. The fourth-order valence-electron chi connectivity index (χ4n) is 3.16. The smallest absolute Gasteiger partial charge is 0.268 e. The SMILES string of the molecule is CCOc1ccc2[nH]c(C(=O)NC[C@H](C)n3nc(C)nc3C)c(C)c2c1. The summed E-state index contributed by atoms with van der Waals surface area (Å²) in [7, 11) is 0. The van der Waals surface area contributed by atoms with Crippen LogP contribution in [-0.2, 0) is 0 Å². The summed E-state index contributed by atoms with van der Waals surface area (Å²) < 4.78 is 7.39. The summed E-state index contributed by atoms with van der Waals surface area (Å²) in [5.74, 6) is 2.25. The van der Waals surface area contributed by atoms with Crippen molar-refractivity contribution in [3.05, 3.63) is 41.1 Å². The van der Waals surface area contributed by atoms with Gasteiger partial charge in [0, 0.05) is 17.4 Å². The summed E-state index contributed by atoms with van der Waals surface area (Å²) in [6.07, 6.45) is 0. The zero-order chi connectivity index (χ0) is 18.8. The largest absolute Gasteiger partial charge is 0.494 e. The van der Waals surface area contributed by atoms with Crippen LogP contribution in [0.4, 0.5) is 0 Å². The van der Waals surface area contributed by atoms with Gasteiger partial charge in [0.1, 0.15) is 23.1 Å². The van der Waals surface area contributed by atoms with Crippen molar-refractivity contribution in [2.24, 2.45) is 0 Å². The fraction of sp³-hybridized carbons (Fsp3) is 0.421. The second kappa shape index (κ2) is 7.19. The molecule has 0 unspecified atom stereocenters. The molecule has 2 heterocycles. The van der Waals surface area contributed by atoms with Gasteiger partial charge in [-0.1, -0.05) is 0 Å². The first kappa shape index (κ1) is 18.0. The number of ether oxygens (including phenoxy) is 1. The molecule has 0 saturated heterocycles. The van der Waals surface area contributed by atoms with E-state index in [0.717, 1.165) is 33.9 Å². The minimum atomic E-state index is -0.127. The van der Waals surface area contributed by atoms with E-state index in [0.29, 0.717) is 18.8 Å². The van der Waals surface area contributed by atoms with Gasteiger partial charge in [-0.3, -0.25) is 4.79 Å². The highest BCUT2D eigenvalue weighted by Gasteiger charge is 2.17. The number of carbonyl (C=O) groups excluding carboxylic acids is 1. The van der Waals surface area contributed by atoms with Crippen molar-refractivity contribution in [3.8, 4) is 5.75 Å². The van der Waals surface area contributed by atoms with Crippen LogP contribution in [0.1, 0.15) is 47.6 Å². The Kier molecular flexibility index (Phi) is 4.97. The van der Waals surface area contributed by atoms with Gasteiger partial charge < -0.3 is 15.0 Å². The molecule has 26 heavy (non-hydrogen) atoms. The van der Waals surface area contributed by atoms with Gasteiger partial charge in [-0.2, -0.15) is 5.10 Å². The second-order valence-electron chi connectivity index (χ2n) is 6.48. The first-order chi connectivity index (χ1) is 12.4. The van der Waals surface area contributed by atoms with Crippen molar-refractivity contribution in [2.75, 3.05) is 13.2 Å². The normalized spacial score (nSPS) is 12.3. The molecule has 7 heteroatoms. The highest BCUT2D eigenvalue weighted by atomic mass is 16.5. The lowest BCUT2D eigenvalue weighted by Crippen LogP contribution is -2.31. The maximum absolute atomic E-state index is 12.7. The third-order valence-corrected chi connectivity index (χ3v) is 4.45. The molecule has 0 aliphatic rings. The summed E-state index contributed by atoms with van der Waals surface area (Å²) >= 11 is 0. The number of benzene rings is 1. The molecule has 2 aromatic heterocycles. The molecule has 0 saturated carbocycles. The lowest BCUT2D eigenvalue weighted by atomic mass is 10.1. The molecule has 1 atom stereocenters. The molecule has 0 aliphatic carbocycles. The van der Waals surface area contributed by atoms with Crippen LogP contribution < -0.4 is 10.1 Å². The van der Waals surface area contributed by atoms with Crippen molar-refractivity contribution in [3.63, 3.8) is 0 Å². The van der Waals surface area contributed by atoms with Gasteiger partial charge in [0.15, 0.2) is 0 Å². The molecule has 3 rings (SSSR count). The van der Waals surface area contributed by atoms with E-state index in [1.165, 1.54) is 0 Å². The quantitative estimate of drug-likeness (QED) is 0.712. The van der Waals surface area contributed by atoms with Gasteiger partial charge in [0.2, 0.25) is 0 Å². The summed E-state index contributed by atoms with van der Waals surface area (Å²) in [4.78, 5) is 20.2. The number of amides is 1. The van der Waals surface area contributed by atoms with Gasteiger partial charge in [0.25, 0.3) is 5.91 Å². The standard InChI is InChI=1S/C19H25N5O2/c1-6-26-15-7-8-17-16(9-15)12(3)18(22-17)19(25)20-10-11(2)24-14(5)21-13(4)23-24/h7-9,11,22H,6,10H2,1-5H3,(H,20,25)/t11-/m0/s1. The number of hydrogen-bond acceptors (Lipinski definition) is 4. The molecule has 0 fully saturated rings. The zero-order valence-corrected chi connectivity index (χ0v) is 15.9. The molecule has 0 bridgehead atoms. The Hall–Kier alpha value is -2.83. The average Bonchev–Trinajstić information content (AvgIpc) is 3.12. The van der Waals surface area contributed by atoms with Crippen molar-refractivity contribution in [2.45, 2.75) is 40.7 Å². The number of nitrogens with zero attached hydrogens (tertiary/aromatic N) is 3. The van der Waals surface area contributed by atoms with E-state index in [2.05, 4.69) is 20.4 Å². The Bertz CT molecular complexity index is 941. The number of nitrogens with one attached hydrogen (secondary N) is 2. The highest BCUT2D eigenvalue weighted by molar-refractivity contribution is 6.01. The summed E-state index contributed by atoms with van der Waals surface area (Å²) in [6, 6.07) is 5.83. The van der Waals surface area contributed by atoms with Crippen molar-refractivity contribution < 1.29 is 9.53 Å². The lowest BCUT2D eigenvalue weighted by Gasteiger charge is -2.14. The summed E-state index contributed by atoms with van der Waals surface area (Å²) in [5, 5.41) is 8.36. The number of hydrogen-bond donors (Lipinski definition) is 2. The Morgan fingerprint density at radius 2 is 2.12 bits per heavy atom. The maximum Gasteiger partial charge on any atom is 0.268 e. The third kappa shape index (κ3) is 3.42. The Morgan fingerprint density at radius 1 is 1.35 bits per heavy atom. The molecule has 2 N–H and O–H groups in total. The summed E-state index contributed by atoms with van der Waals surface area (Å²) in [5.41, 5.74) is 2.42. The molecule has 0 radical (unpaired) electrons. The molecular formula is C19H25N5O2. The second-order valence-corrected chi connectivity index (χ2v) is 6.48. The monoisotopic (exact) mass is 355 g/mol. The molecule has 1 aromatic carbocycles. The van der Waals surface area contributed by atoms with Gasteiger partial charge in [-0.25, -0.2) is 9.67 Å². The van der Waals surface area contributed by atoms with E-state index in [-0.39, 0.29) is 11.9 Å². The van der Waals surface area contributed by atoms with Crippen molar-refractivity contribution in [1.82, 2.24) is 25.1 Å². The van der Waals surface area contributed by atoms with E-state index in [4.69, 9.17) is 4.74 Å². The number of H-pyrrole nitrogens is 1. The van der Waals surface area contributed by atoms with Crippen LogP contribution in [0.3, 0.4) is 0 Å². The molecule has 1 amide bonds. The van der Waals surface area contributed by atoms with Crippen LogP contribution in [0.5, 0.6) is 5.75 Å². The Labute approximate surface area is 152 Å². The van der Waals surface area contributed by atoms with Crippen LogP contribution in [0, 0.1) is 20.8 Å². The van der Waals surface area contributed by atoms with Crippen molar-refractivity contribution in [1.29, 1.82) is 0 Å². The highest BCUT2D eigenvalue weighted by Crippen LogP contribution is 2.26. The summed E-state index contributed by atoms with van der Waals surface area (Å²) in [6.45, 7) is 10.8. The molecule has 138 valence electrons. The molecule has 0 spiro atoms. The van der Waals surface area contributed by atoms with E-state index < -0.39 is 0 Å². The van der Waals surface area contributed by atoms with E-state index in [1.807, 2.05) is 57.5 Å². The third-order valence-electron chi connectivity index (χ3n) is 4.45. The predicted octanol–water partition coefficient (Wildman–Crippen LogP) is 3.07. The Morgan fingerprint density at radius 3 is 2.77 bits per heavy atom. The van der Waals surface area contributed by atoms with Crippen LogP contribution in [0.15, 0.2) is 18.2 Å². The molecule has 7 nitrogen and oxygen atoms in total. The lowest BCUT2D eigenvalue weighted by molar-refractivity contribution is 0.0943. The van der Waals surface area contributed by atoms with E-state index >= 15 is 0 Å². The van der Waals surface area contributed by atoms with Gasteiger partial charge in [-0.05, 0) is 58.4 Å². The maximum atomic E-state index is 12.7. The van der Waals surface area contributed by atoms with E-state index in [1.54, 1.807) is 0 Å². The van der Waals surface area contributed by atoms with Crippen molar-refractivity contribution >= 4 is 16.8 Å². The van der Waals surface area contributed by atoms with Gasteiger partial charge in [-0.15, -0.1) is 0 Å². The average molecular weight is 355 g/mol. The zero-order valence-electron chi connectivity index (χ0n) is 15.9. The number of fused-ring (bicyclic) bond motifs is 1. The first-order valence-corrected chi connectivity index (χ1v) is 8.83. The predicted molar refractivity (Wildman–Crippen MR) is 101 cm³/mol. The first-order valence-electron chi connectivity index (χ1n) is 8.83. The molecular weight excluding hydrogens is 330 g/mol. The van der Waals surface area contributed by atoms with E-state index in [9.17, 15) is 4.79 Å². The van der Waals surface area contributed by atoms with Crippen LogP contribution in [0.2, 0.25) is 0 Å².